The maximum Gasteiger partial charge on any atom is 0.305 e. The molecule has 2 aliphatic rings. The van der Waals surface area contributed by atoms with E-state index in [1.165, 1.54) is 0 Å². The molecule has 2 aliphatic heterocycles. The van der Waals surface area contributed by atoms with Gasteiger partial charge in [0, 0.05) is 25.3 Å². The van der Waals surface area contributed by atoms with Crippen LogP contribution in [0.25, 0.3) is 0 Å². The van der Waals surface area contributed by atoms with Crippen LogP contribution in [0.3, 0.4) is 0 Å². The zero-order chi connectivity index (χ0) is 16.9. The lowest BCUT2D eigenvalue weighted by Crippen LogP contribution is -2.42. The van der Waals surface area contributed by atoms with Crippen LogP contribution in [-0.4, -0.2) is 54.3 Å². The Kier molecular flexibility index (Phi) is 5.35. The number of nitrogens with zero attached hydrogens (tertiary/aromatic N) is 1. The summed E-state index contributed by atoms with van der Waals surface area (Å²) in [5.74, 6) is -0.447. The van der Waals surface area contributed by atoms with E-state index in [9.17, 15) is 9.59 Å². The van der Waals surface area contributed by atoms with E-state index in [0.717, 1.165) is 24.2 Å². The number of para-hydroxylation sites is 1. The summed E-state index contributed by atoms with van der Waals surface area (Å²) in [6, 6.07) is 7.57. The average molecular weight is 333 g/mol. The van der Waals surface area contributed by atoms with Crippen LogP contribution in [0, 0.1) is 0 Å². The number of rotatable bonds is 6. The van der Waals surface area contributed by atoms with Gasteiger partial charge in [0.25, 0.3) is 0 Å². The van der Waals surface area contributed by atoms with Gasteiger partial charge in [-0.05, 0) is 25.3 Å². The first kappa shape index (κ1) is 16.8. The van der Waals surface area contributed by atoms with Crippen molar-refractivity contribution in [3.05, 3.63) is 29.8 Å². The largest absolute Gasteiger partial charge is 0.493 e. The molecule has 1 amide bonds. The standard InChI is InChI=1S/C18H23NO5/c20-17(21)7-9-19(12-13-4-3-10-23-13)18(22)15-8-11-24-16-6-2-1-5-14(15)16/h1-2,5-6,13,15H,3-4,7-12H2,(H,20,21). The molecule has 2 heterocycles. The zero-order valence-corrected chi connectivity index (χ0v) is 13.6. The minimum atomic E-state index is -0.896. The molecule has 1 N–H and O–H groups in total. The van der Waals surface area contributed by atoms with Crippen molar-refractivity contribution in [1.82, 2.24) is 4.90 Å². The van der Waals surface area contributed by atoms with Crippen LogP contribution in [0.5, 0.6) is 5.75 Å². The number of carboxylic acid groups (broad SMARTS) is 1. The summed E-state index contributed by atoms with van der Waals surface area (Å²) >= 11 is 0. The molecule has 0 bridgehead atoms. The second-order valence-corrected chi connectivity index (χ2v) is 6.29. The minimum Gasteiger partial charge on any atom is -0.493 e. The first-order valence-corrected chi connectivity index (χ1v) is 8.49. The predicted octanol–water partition coefficient (Wildman–Crippen LogP) is 2.03. The van der Waals surface area contributed by atoms with Gasteiger partial charge >= 0.3 is 5.97 Å². The number of hydrogen-bond acceptors (Lipinski definition) is 4. The zero-order valence-electron chi connectivity index (χ0n) is 13.6. The Morgan fingerprint density at radius 1 is 1.21 bits per heavy atom. The monoisotopic (exact) mass is 333 g/mol. The number of amides is 1. The van der Waals surface area contributed by atoms with E-state index < -0.39 is 5.97 Å². The van der Waals surface area contributed by atoms with E-state index in [1.54, 1.807) is 4.90 Å². The Labute approximate surface area is 141 Å². The summed E-state index contributed by atoms with van der Waals surface area (Å²) in [6.45, 7) is 1.89. The summed E-state index contributed by atoms with van der Waals surface area (Å²) in [5, 5.41) is 8.98. The van der Waals surface area contributed by atoms with Gasteiger partial charge in [-0.2, -0.15) is 0 Å². The second-order valence-electron chi connectivity index (χ2n) is 6.29. The highest BCUT2D eigenvalue weighted by Gasteiger charge is 2.32. The third-order valence-electron chi connectivity index (χ3n) is 4.61. The molecule has 6 nitrogen and oxygen atoms in total. The first-order valence-electron chi connectivity index (χ1n) is 8.49. The molecule has 2 atom stereocenters. The summed E-state index contributed by atoms with van der Waals surface area (Å²) in [4.78, 5) is 25.7. The van der Waals surface area contributed by atoms with Crippen LogP contribution in [-0.2, 0) is 14.3 Å². The third kappa shape index (κ3) is 3.87. The van der Waals surface area contributed by atoms with E-state index in [1.807, 2.05) is 24.3 Å². The highest BCUT2D eigenvalue weighted by Crippen LogP contribution is 2.34. The van der Waals surface area contributed by atoms with Crippen LogP contribution >= 0.6 is 0 Å². The Bertz CT molecular complexity index is 597. The van der Waals surface area contributed by atoms with Crippen LogP contribution in [0.2, 0.25) is 0 Å². The number of ether oxygens (including phenoxy) is 2. The number of benzene rings is 1. The van der Waals surface area contributed by atoms with Crippen molar-refractivity contribution in [3.8, 4) is 5.75 Å². The molecule has 1 aromatic carbocycles. The van der Waals surface area contributed by atoms with Gasteiger partial charge in [0.05, 0.1) is 25.0 Å². The Balaban J connectivity index is 1.75. The predicted molar refractivity (Wildman–Crippen MR) is 87.1 cm³/mol. The fraction of sp³-hybridized carbons (Fsp3) is 0.556. The van der Waals surface area contributed by atoms with E-state index >= 15 is 0 Å². The maximum absolute atomic E-state index is 13.1. The molecule has 130 valence electrons. The molecule has 1 saturated heterocycles. The van der Waals surface area contributed by atoms with E-state index in [-0.39, 0.29) is 30.9 Å². The molecule has 3 rings (SSSR count). The molecular weight excluding hydrogens is 310 g/mol. The number of carbonyl (C=O) groups excluding carboxylic acids is 1. The Hall–Kier alpha value is -2.08. The molecule has 0 radical (unpaired) electrons. The number of carboxylic acids is 1. The van der Waals surface area contributed by atoms with Gasteiger partial charge in [-0.1, -0.05) is 18.2 Å². The number of fused-ring (bicyclic) bond motifs is 1. The lowest BCUT2D eigenvalue weighted by molar-refractivity contribution is -0.139. The molecule has 0 saturated carbocycles. The van der Waals surface area contributed by atoms with E-state index in [0.29, 0.717) is 26.2 Å². The summed E-state index contributed by atoms with van der Waals surface area (Å²) in [7, 11) is 0. The minimum absolute atomic E-state index is 0.0119. The fourth-order valence-electron chi connectivity index (χ4n) is 3.38. The number of carbonyl (C=O) groups is 2. The van der Waals surface area contributed by atoms with Crippen LogP contribution in [0.15, 0.2) is 24.3 Å². The summed E-state index contributed by atoms with van der Waals surface area (Å²) in [5.41, 5.74) is 0.890. The van der Waals surface area contributed by atoms with E-state index in [4.69, 9.17) is 14.6 Å². The molecular formula is C18H23NO5. The smallest absolute Gasteiger partial charge is 0.305 e. The van der Waals surface area contributed by atoms with Crippen molar-refractivity contribution in [3.63, 3.8) is 0 Å². The number of hydrogen-bond donors (Lipinski definition) is 1. The lowest BCUT2D eigenvalue weighted by Gasteiger charge is -2.32. The fourth-order valence-corrected chi connectivity index (χ4v) is 3.38. The quantitative estimate of drug-likeness (QED) is 0.862. The van der Waals surface area contributed by atoms with Gasteiger partial charge < -0.3 is 19.5 Å². The maximum atomic E-state index is 13.1. The Morgan fingerprint density at radius 2 is 2.04 bits per heavy atom. The van der Waals surface area contributed by atoms with Gasteiger partial charge in [-0.3, -0.25) is 9.59 Å². The topological polar surface area (TPSA) is 76.1 Å². The van der Waals surface area contributed by atoms with Gasteiger partial charge in [-0.25, -0.2) is 0 Å². The highest BCUT2D eigenvalue weighted by atomic mass is 16.5. The molecule has 0 aliphatic carbocycles. The van der Waals surface area contributed by atoms with Crippen molar-refractivity contribution in [2.45, 2.75) is 37.7 Å². The third-order valence-corrected chi connectivity index (χ3v) is 4.61. The summed E-state index contributed by atoms with van der Waals surface area (Å²) in [6.07, 6.45) is 2.49. The van der Waals surface area contributed by atoms with Crippen LogP contribution in [0.4, 0.5) is 0 Å². The Morgan fingerprint density at radius 3 is 2.79 bits per heavy atom. The lowest BCUT2D eigenvalue weighted by atomic mass is 9.91. The van der Waals surface area contributed by atoms with E-state index in [2.05, 4.69) is 0 Å². The van der Waals surface area contributed by atoms with Crippen LogP contribution in [0.1, 0.15) is 37.2 Å². The normalized spacial score (nSPS) is 22.5. The molecule has 6 heteroatoms. The van der Waals surface area contributed by atoms with Gasteiger partial charge in [0.15, 0.2) is 0 Å². The van der Waals surface area contributed by atoms with Crippen molar-refractivity contribution < 1.29 is 24.2 Å². The van der Waals surface area contributed by atoms with Crippen molar-refractivity contribution in [1.29, 1.82) is 0 Å². The van der Waals surface area contributed by atoms with Crippen LogP contribution < -0.4 is 4.74 Å². The number of aliphatic carboxylic acids is 1. The van der Waals surface area contributed by atoms with Crippen molar-refractivity contribution in [2.24, 2.45) is 0 Å². The van der Waals surface area contributed by atoms with Crippen molar-refractivity contribution in [2.75, 3.05) is 26.3 Å². The van der Waals surface area contributed by atoms with Crippen molar-refractivity contribution >= 4 is 11.9 Å². The highest BCUT2D eigenvalue weighted by molar-refractivity contribution is 5.85. The molecule has 2 unspecified atom stereocenters. The molecule has 0 spiro atoms. The van der Waals surface area contributed by atoms with Gasteiger partial charge in [0.1, 0.15) is 5.75 Å². The molecule has 1 fully saturated rings. The first-order chi connectivity index (χ1) is 11.6. The van der Waals surface area contributed by atoms with Gasteiger partial charge in [0.2, 0.25) is 5.91 Å². The average Bonchev–Trinajstić information content (AvgIpc) is 3.10. The SMILES string of the molecule is O=C(O)CCN(CC1CCCO1)C(=O)C1CCOc2ccccc21. The molecule has 1 aromatic rings. The molecule has 0 aromatic heterocycles. The van der Waals surface area contributed by atoms with Gasteiger partial charge in [-0.15, -0.1) is 0 Å². The second kappa shape index (κ2) is 7.66. The molecule has 24 heavy (non-hydrogen) atoms. The summed E-state index contributed by atoms with van der Waals surface area (Å²) < 4.78 is 11.3.